The molecule has 1 aromatic heterocycles. The van der Waals surface area contributed by atoms with Gasteiger partial charge in [-0.2, -0.15) is 0 Å². The first kappa shape index (κ1) is 16.1. The number of carbonyl (C=O) groups excluding carboxylic acids is 1. The molecular weight excluding hydrogens is 309 g/mol. The molecule has 0 bridgehead atoms. The van der Waals surface area contributed by atoms with E-state index in [1.54, 1.807) is 0 Å². The smallest absolute Gasteiger partial charge is 0.286 e. The number of amides is 1. The SMILES string of the molecule is NC(=O)c1cc([N+](=O)[O-])cn(CCOc2ccc(F)cc2)c1=O. The van der Waals surface area contributed by atoms with Crippen LogP contribution < -0.4 is 16.0 Å². The third-order valence-corrected chi connectivity index (χ3v) is 2.96. The molecule has 0 radical (unpaired) electrons. The molecule has 2 rings (SSSR count). The number of halogens is 1. The predicted octanol–water partition coefficient (Wildman–Crippen LogP) is 1.07. The van der Waals surface area contributed by atoms with Gasteiger partial charge in [0.05, 0.1) is 17.7 Å². The van der Waals surface area contributed by atoms with Crippen molar-refractivity contribution in [3.63, 3.8) is 0 Å². The molecule has 0 saturated heterocycles. The Kier molecular flexibility index (Phi) is 4.69. The predicted molar refractivity (Wildman–Crippen MR) is 77.8 cm³/mol. The molecule has 2 aromatic rings. The molecule has 8 nitrogen and oxygen atoms in total. The summed E-state index contributed by atoms with van der Waals surface area (Å²) >= 11 is 0. The highest BCUT2D eigenvalue weighted by Gasteiger charge is 2.17. The zero-order valence-corrected chi connectivity index (χ0v) is 11.8. The number of nitro groups is 1. The third-order valence-electron chi connectivity index (χ3n) is 2.96. The summed E-state index contributed by atoms with van der Waals surface area (Å²) in [5, 5.41) is 10.8. The Hall–Kier alpha value is -3.23. The van der Waals surface area contributed by atoms with Gasteiger partial charge in [0.25, 0.3) is 17.2 Å². The van der Waals surface area contributed by atoms with Crippen molar-refractivity contribution in [2.45, 2.75) is 6.54 Å². The van der Waals surface area contributed by atoms with Gasteiger partial charge in [0.15, 0.2) is 0 Å². The van der Waals surface area contributed by atoms with Crippen molar-refractivity contribution in [1.29, 1.82) is 0 Å². The maximum absolute atomic E-state index is 12.8. The van der Waals surface area contributed by atoms with Crippen LogP contribution in [0.1, 0.15) is 10.4 Å². The lowest BCUT2D eigenvalue weighted by atomic mass is 10.2. The molecule has 0 aliphatic carbocycles. The number of nitrogens with two attached hydrogens (primary N) is 1. The Morgan fingerprint density at radius 3 is 2.57 bits per heavy atom. The van der Waals surface area contributed by atoms with Crippen molar-refractivity contribution < 1.29 is 18.8 Å². The molecule has 0 aliphatic rings. The first-order valence-corrected chi connectivity index (χ1v) is 6.45. The van der Waals surface area contributed by atoms with Gasteiger partial charge in [-0.05, 0) is 24.3 Å². The van der Waals surface area contributed by atoms with Crippen LogP contribution in [0.15, 0.2) is 41.3 Å². The zero-order valence-electron chi connectivity index (χ0n) is 11.8. The van der Waals surface area contributed by atoms with E-state index in [1.165, 1.54) is 24.3 Å². The minimum Gasteiger partial charge on any atom is -0.492 e. The standard InChI is InChI=1S/C14H12FN3O5/c15-9-1-3-11(4-2-9)23-6-5-17-8-10(18(21)22)7-12(13(16)19)14(17)20/h1-4,7-8H,5-6H2,(H2,16,19). The van der Waals surface area contributed by atoms with E-state index in [4.69, 9.17) is 10.5 Å². The van der Waals surface area contributed by atoms with Crippen LogP contribution >= 0.6 is 0 Å². The lowest BCUT2D eigenvalue weighted by Gasteiger charge is -2.09. The first-order valence-electron chi connectivity index (χ1n) is 6.45. The largest absolute Gasteiger partial charge is 0.492 e. The Morgan fingerprint density at radius 1 is 1.35 bits per heavy atom. The quantitative estimate of drug-likeness (QED) is 0.631. The summed E-state index contributed by atoms with van der Waals surface area (Å²) in [5.41, 5.74) is 3.40. The Bertz CT molecular complexity index is 801. The van der Waals surface area contributed by atoms with Crippen molar-refractivity contribution in [2.24, 2.45) is 5.73 Å². The summed E-state index contributed by atoms with van der Waals surface area (Å²) in [4.78, 5) is 33.3. The second kappa shape index (κ2) is 6.69. The van der Waals surface area contributed by atoms with Gasteiger partial charge in [-0.15, -0.1) is 0 Å². The van der Waals surface area contributed by atoms with E-state index in [0.717, 1.165) is 16.8 Å². The van der Waals surface area contributed by atoms with Gasteiger partial charge in [0.2, 0.25) is 0 Å². The first-order chi connectivity index (χ1) is 10.9. The van der Waals surface area contributed by atoms with Crippen LogP contribution in [0.4, 0.5) is 10.1 Å². The van der Waals surface area contributed by atoms with Gasteiger partial charge in [-0.1, -0.05) is 0 Å². The van der Waals surface area contributed by atoms with Crippen LogP contribution in [0.2, 0.25) is 0 Å². The minimum absolute atomic E-state index is 0.00902. The molecule has 0 fully saturated rings. The lowest BCUT2D eigenvalue weighted by molar-refractivity contribution is -0.385. The van der Waals surface area contributed by atoms with E-state index >= 15 is 0 Å². The molecule has 23 heavy (non-hydrogen) atoms. The molecule has 9 heteroatoms. The maximum atomic E-state index is 12.8. The van der Waals surface area contributed by atoms with Gasteiger partial charge in [0.1, 0.15) is 23.7 Å². The number of carbonyl (C=O) groups is 1. The van der Waals surface area contributed by atoms with E-state index in [2.05, 4.69) is 0 Å². The molecule has 0 aliphatic heterocycles. The molecular formula is C14H12FN3O5. The normalized spacial score (nSPS) is 10.3. The van der Waals surface area contributed by atoms with E-state index in [1.807, 2.05) is 0 Å². The molecule has 0 spiro atoms. The van der Waals surface area contributed by atoms with Gasteiger partial charge in [-0.25, -0.2) is 4.39 Å². The average Bonchev–Trinajstić information content (AvgIpc) is 2.50. The Labute approximate surface area is 129 Å². The fraction of sp³-hybridized carbons (Fsp3) is 0.143. The van der Waals surface area contributed by atoms with Gasteiger partial charge >= 0.3 is 0 Å². The second-order valence-corrected chi connectivity index (χ2v) is 4.53. The molecule has 0 unspecified atom stereocenters. The summed E-state index contributed by atoms with van der Waals surface area (Å²) < 4.78 is 19.0. The fourth-order valence-corrected chi connectivity index (χ4v) is 1.86. The van der Waals surface area contributed by atoms with E-state index in [-0.39, 0.29) is 13.2 Å². The number of primary amides is 1. The van der Waals surface area contributed by atoms with Crippen molar-refractivity contribution >= 4 is 11.6 Å². The van der Waals surface area contributed by atoms with Crippen molar-refractivity contribution in [1.82, 2.24) is 4.57 Å². The number of pyridine rings is 1. The monoisotopic (exact) mass is 321 g/mol. The summed E-state index contributed by atoms with van der Waals surface area (Å²) in [6.45, 7) is -0.0525. The molecule has 2 N–H and O–H groups in total. The number of rotatable bonds is 6. The Balaban J connectivity index is 2.18. The van der Waals surface area contributed by atoms with Crippen LogP contribution in [0.25, 0.3) is 0 Å². The van der Waals surface area contributed by atoms with Crippen LogP contribution in [0.5, 0.6) is 5.75 Å². The van der Waals surface area contributed by atoms with E-state index in [9.17, 15) is 24.1 Å². The summed E-state index contributed by atoms with van der Waals surface area (Å²) in [5.74, 6) is -1.09. The summed E-state index contributed by atoms with van der Waals surface area (Å²) in [6.07, 6.45) is 1.00. The summed E-state index contributed by atoms with van der Waals surface area (Å²) in [7, 11) is 0. The number of hydrogen-bond donors (Lipinski definition) is 1. The lowest BCUT2D eigenvalue weighted by Crippen LogP contribution is -2.31. The Morgan fingerprint density at radius 2 is 2.00 bits per heavy atom. The molecule has 0 saturated carbocycles. The topological polar surface area (TPSA) is 117 Å². The molecule has 1 aromatic carbocycles. The number of nitrogens with zero attached hydrogens (tertiary/aromatic N) is 2. The summed E-state index contributed by atoms with van der Waals surface area (Å²) in [6, 6.07) is 6.06. The second-order valence-electron chi connectivity index (χ2n) is 4.53. The van der Waals surface area contributed by atoms with Crippen molar-refractivity contribution in [3.8, 4) is 5.75 Å². The van der Waals surface area contributed by atoms with E-state index in [0.29, 0.717) is 5.75 Å². The zero-order chi connectivity index (χ0) is 17.0. The number of hydrogen-bond acceptors (Lipinski definition) is 5. The fourth-order valence-electron chi connectivity index (χ4n) is 1.86. The minimum atomic E-state index is -1.05. The number of aromatic nitrogens is 1. The van der Waals surface area contributed by atoms with Crippen LogP contribution in [0.3, 0.4) is 0 Å². The molecule has 120 valence electrons. The van der Waals surface area contributed by atoms with Crippen molar-refractivity contribution in [3.05, 3.63) is 68.4 Å². The van der Waals surface area contributed by atoms with Crippen LogP contribution in [-0.4, -0.2) is 22.0 Å². The van der Waals surface area contributed by atoms with Gasteiger partial charge in [0, 0.05) is 6.07 Å². The highest BCUT2D eigenvalue weighted by Crippen LogP contribution is 2.12. The highest BCUT2D eigenvalue weighted by atomic mass is 19.1. The average molecular weight is 321 g/mol. The van der Waals surface area contributed by atoms with Gasteiger partial charge < -0.3 is 15.0 Å². The third kappa shape index (κ3) is 3.90. The molecule has 0 atom stereocenters. The maximum Gasteiger partial charge on any atom is 0.286 e. The molecule has 1 amide bonds. The van der Waals surface area contributed by atoms with Crippen LogP contribution in [-0.2, 0) is 6.54 Å². The van der Waals surface area contributed by atoms with E-state index < -0.39 is 33.5 Å². The molecule has 1 heterocycles. The number of benzene rings is 1. The van der Waals surface area contributed by atoms with Crippen molar-refractivity contribution in [2.75, 3.05) is 6.61 Å². The van der Waals surface area contributed by atoms with Gasteiger partial charge in [-0.3, -0.25) is 19.7 Å². The highest BCUT2D eigenvalue weighted by molar-refractivity contribution is 5.92. The van der Waals surface area contributed by atoms with Crippen LogP contribution in [0, 0.1) is 15.9 Å². The number of ether oxygens (including phenoxy) is 1.